The number of hydrogen-bond acceptors (Lipinski definition) is 10. The van der Waals surface area contributed by atoms with Gasteiger partial charge in [-0.15, -0.1) is 9.38 Å². The van der Waals surface area contributed by atoms with Crippen molar-refractivity contribution in [2.75, 3.05) is 13.2 Å². The Balaban J connectivity index is 1.49. The van der Waals surface area contributed by atoms with E-state index < -0.39 is 40.3 Å². The molecule has 0 aliphatic carbocycles. The summed E-state index contributed by atoms with van der Waals surface area (Å²) in [5.41, 5.74) is 7.29. The van der Waals surface area contributed by atoms with Crippen molar-refractivity contribution in [3.8, 4) is 0 Å². The first-order valence-electron chi connectivity index (χ1n) is 8.37. The number of aromatic nitrogens is 4. The molecule has 2 saturated heterocycles. The van der Waals surface area contributed by atoms with Crippen LogP contribution in [0.4, 0.5) is 4.79 Å². The summed E-state index contributed by atoms with van der Waals surface area (Å²) in [7, 11) is -4.86. The second kappa shape index (κ2) is 8.23. The summed E-state index contributed by atoms with van der Waals surface area (Å²) in [6, 6.07) is -2.35. The van der Waals surface area contributed by atoms with Gasteiger partial charge in [-0.3, -0.25) is 19.0 Å². The van der Waals surface area contributed by atoms with E-state index in [2.05, 4.69) is 25.3 Å². The molecule has 2 unspecified atom stereocenters. The number of tetrazole rings is 1. The van der Waals surface area contributed by atoms with Crippen LogP contribution < -0.4 is 11.2 Å². The Hall–Kier alpha value is -2.89. The first-order valence-corrected chi connectivity index (χ1v) is 9.74. The van der Waals surface area contributed by atoms with Crippen molar-refractivity contribution >= 4 is 28.2 Å². The van der Waals surface area contributed by atoms with Gasteiger partial charge in [0.25, 0.3) is 5.91 Å². The predicted molar refractivity (Wildman–Crippen MR) is 88.2 cm³/mol. The van der Waals surface area contributed by atoms with Crippen LogP contribution >= 0.6 is 0 Å². The number of carbonyl (C=O) groups excluding carboxylic acids is 3. The lowest BCUT2D eigenvalue weighted by atomic mass is 10.0. The number of rotatable bonds is 9. The largest absolute Gasteiger partial charge is 0.418 e. The standard InChI is InChI=1S/C12H18N8O8S/c13-9(21)5-10-14-16-17-19(10)3-4-27-15-11(22)8-2-1-7-6-18(8)12(23)20(7)28-29(24,25)26/h7-8H,1-6H2,(H2,13,21)(H,15,22)(H,24,25,26). The molecule has 17 heteroatoms. The van der Waals surface area contributed by atoms with E-state index in [1.807, 2.05) is 0 Å². The minimum Gasteiger partial charge on any atom is -0.369 e. The number of primary amides is 1. The highest BCUT2D eigenvalue weighted by Crippen LogP contribution is 2.30. The molecule has 0 saturated carbocycles. The first kappa shape index (κ1) is 20.8. The number of piperidine rings is 1. The number of hydrogen-bond donors (Lipinski definition) is 3. The van der Waals surface area contributed by atoms with Gasteiger partial charge < -0.3 is 10.6 Å². The predicted octanol–water partition coefficient (Wildman–Crippen LogP) is -3.25. The molecule has 29 heavy (non-hydrogen) atoms. The number of fused-ring (bicyclic) bond motifs is 2. The zero-order valence-corrected chi connectivity index (χ0v) is 15.7. The maximum Gasteiger partial charge on any atom is 0.418 e. The fraction of sp³-hybridized carbons (Fsp3) is 0.667. The third-order valence-electron chi connectivity index (χ3n) is 4.32. The molecule has 1 aromatic rings. The molecular weight excluding hydrogens is 416 g/mol. The Labute approximate surface area is 163 Å². The molecule has 0 radical (unpaired) electrons. The quantitative estimate of drug-likeness (QED) is 0.199. The fourth-order valence-electron chi connectivity index (χ4n) is 3.11. The highest BCUT2D eigenvalue weighted by atomic mass is 32.3. The lowest BCUT2D eigenvalue weighted by molar-refractivity contribution is -0.139. The number of carbonyl (C=O) groups is 3. The Morgan fingerprint density at radius 3 is 2.79 bits per heavy atom. The highest BCUT2D eigenvalue weighted by Gasteiger charge is 2.49. The maximum absolute atomic E-state index is 12.3. The van der Waals surface area contributed by atoms with Gasteiger partial charge in [0, 0.05) is 6.54 Å². The normalized spacial score (nSPS) is 21.5. The van der Waals surface area contributed by atoms with Crippen LogP contribution in [0.3, 0.4) is 0 Å². The lowest BCUT2D eigenvalue weighted by Gasteiger charge is -2.28. The van der Waals surface area contributed by atoms with Crippen LogP contribution in [0.2, 0.25) is 0 Å². The van der Waals surface area contributed by atoms with Crippen LogP contribution in [0.25, 0.3) is 0 Å². The van der Waals surface area contributed by atoms with Crippen LogP contribution in [0.5, 0.6) is 0 Å². The van der Waals surface area contributed by atoms with Gasteiger partial charge in [0.05, 0.1) is 25.6 Å². The van der Waals surface area contributed by atoms with Crippen molar-refractivity contribution in [3.05, 3.63) is 5.82 Å². The van der Waals surface area contributed by atoms with Crippen LogP contribution in [0.15, 0.2) is 0 Å². The van der Waals surface area contributed by atoms with E-state index in [0.29, 0.717) is 5.06 Å². The molecule has 2 fully saturated rings. The zero-order valence-electron chi connectivity index (χ0n) is 14.9. The van der Waals surface area contributed by atoms with Crippen molar-refractivity contribution in [2.45, 2.75) is 37.9 Å². The molecule has 160 valence electrons. The fourth-order valence-corrected chi connectivity index (χ4v) is 3.49. The summed E-state index contributed by atoms with van der Waals surface area (Å²) in [5, 5.41) is 11.3. The molecule has 4 amide bonds. The molecule has 16 nitrogen and oxygen atoms in total. The Bertz CT molecular complexity index is 903. The molecule has 3 heterocycles. The molecule has 2 bridgehead atoms. The van der Waals surface area contributed by atoms with Crippen LogP contribution in [-0.2, 0) is 42.1 Å². The van der Waals surface area contributed by atoms with E-state index in [1.165, 1.54) is 4.68 Å². The summed E-state index contributed by atoms with van der Waals surface area (Å²) in [6.07, 6.45) is 0.380. The van der Waals surface area contributed by atoms with Gasteiger partial charge >= 0.3 is 16.4 Å². The van der Waals surface area contributed by atoms with E-state index in [4.69, 9.17) is 15.1 Å². The zero-order chi connectivity index (χ0) is 21.2. The van der Waals surface area contributed by atoms with Gasteiger partial charge in [-0.2, -0.15) is 13.5 Å². The topological polar surface area (TPSA) is 212 Å². The Morgan fingerprint density at radius 2 is 2.10 bits per heavy atom. The van der Waals surface area contributed by atoms with E-state index in [9.17, 15) is 22.8 Å². The second-order valence-electron chi connectivity index (χ2n) is 6.29. The van der Waals surface area contributed by atoms with Gasteiger partial charge in [-0.1, -0.05) is 0 Å². The summed E-state index contributed by atoms with van der Waals surface area (Å²) in [4.78, 5) is 41.7. The van der Waals surface area contributed by atoms with Gasteiger partial charge in [-0.05, 0) is 23.3 Å². The van der Waals surface area contributed by atoms with E-state index >= 15 is 0 Å². The molecule has 2 aliphatic heterocycles. The molecule has 2 atom stereocenters. The van der Waals surface area contributed by atoms with E-state index in [1.54, 1.807) is 0 Å². The first-order chi connectivity index (χ1) is 13.7. The third-order valence-corrected chi connectivity index (χ3v) is 4.67. The van der Waals surface area contributed by atoms with E-state index in [-0.39, 0.29) is 44.8 Å². The number of nitrogens with one attached hydrogen (secondary N) is 1. The average Bonchev–Trinajstić information content (AvgIpc) is 3.15. The van der Waals surface area contributed by atoms with Crippen molar-refractivity contribution < 1.29 is 36.5 Å². The highest BCUT2D eigenvalue weighted by molar-refractivity contribution is 7.80. The number of nitrogens with zero attached hydrogens (tertiary/aromatic N) is 6. The summed E-state index contributed by atoms with van der Waals surface area (Å²) >= 11 is 0. The molecule has 2 aliphatic rings. The van der Waals surface area contributed by atoms with Crippen molar-refractivity contribution in [3.63, 3.8) is 0 Å². The maximum atomic E-state index is 12.3. The third kappa shape index (κ3) is 4.94. The van der Waals surface area contributed by atoms with Crippen LogP contribution in [0.1, 0.15) is 18.7 Å². The summed E-state index contributed by atoms with van der Waals surface area (Å²) in [5.74, 6) is -0.972. The van der Waals surface area contributed by atoms with E-state index in [0.717, 1.165) is 4.90 Å². The number of nitrogens with two attached hydrogens (primary N) is 1. The van der Waals surface area contributed by atoms with Crippen LogP contribution in [0, 0.1) is 0 Å². The van der Waals surface area contributed by atoms with Crippen molar-refractivity contribution in [1.29, 1.82) is 0 Å². The second-order valence-corrected chi connectivity index (χ2v) is 7.29. The van der Waals surface area contributed by atoms with Gasteiger partial charge in [0.2, 0.25) is 5.91 Å². The lowest BCUT2D eigenvalue weighted by Crippen LogP contribution is -2.49. The Kier molecular flexibility index (Phi) is 5.91. The number of urea groups is 1. The summed E-state index contributed by atoms with van der Waals surface area (Å²) < 4.78 is 36.1. The molecule has 0 aromatic carbocycles. The van der Waals surface area contributed by atoms with Gasteiger partial charge in [0.15, 0.2) is 5.82 Å². The monoisotopic (exact) mass is 434 g/mol. The smallest absolute Gasteiger partial charge is 0.369 e. The molecular formula is C12H18N8O8S. The van der Waals surface area contributed by atoms with Crippen molar-refractivity contribution in [2.24, 2.45) is 5.73 Å². The average molecular weight is 434 g/mol. The van der Waals surface area contributed by atoms with Crippen LogP contribution in [-0.4, -0.2) is 86.2 Å². The number of amides is 4. The summed E-state index contributed by atoms with van der Waals surface area (Å²) in [6.45, 7) is 0.151. The minimum absolute atomic E-state index is 0.0379. The van der Waals surface area contributed by atoms with Gasteiger partial charge in [0.1, 0.15) is 6.04 Å². The minimum atomic E-state index is -4.86. The molecule has 0 spiro atoms. The number of hydroxylamine groups is 3. The Morgan fingerprint density at radius 1 is 1.34 bits per heavy atom. The van der Waals surface area contributed by atoms with Crippen molar-refractivity contribution in [1.82, 2.24) is 35.7 Å². The molecule has 3 rings (SSSR count). The SMILES string of the molecule is NC(=O)Cc1nnnn1CCONC(=O)C1CCC2CN1C(=O)N2OS(=O)(=O)O. The van der Waals surface area contributed by atoms with Gasteiger partial charge in [-0.25, -0.2) is 15.0 Å². The molecule has 1 aromatic heterocycles. The molecule has 4 N–H and O–H groups in total.